The molecule has 0 spiro atoms. The number of piperidine rings is 2. The second kappa shape index (κ2) is 9.71. The van der Waals surface area contributed by atoms with Crippen LogP contribution in [0.4, 0.5) is 13.6 Å². The van der Waals surface area contributed by atoms with Gasteiger partial charge in [-0.15, -0.1) is 0 Å². The SMILES string of the molecule is CC(C)C1(c2nc(C3CC(F)(F)C3)no2)CCN(C(=O)[C@@H]2C[C@@H](O)C(C)(C)CN2C(=O)OC(C)(C)C)CC1. The third-order valence-corrected chi connectivity index (χ3v) is 8.61. The summed E-state index contributed by atoms with van der Waals surface area (Å²) in [6.07, 6.45) is -0.578. The normalized spacial score (nSPS) is 27.2. The van der Waals surface area contributed by atoms with Gasteiger partial charge in [0.25, 0.3) is 0 Å². The molecule has 0 aromatic carbocycles. The number of likely N-dealkylation sites (tertiary alicyclic amines) is 2. The molecule has 214 valence electrons. The van der Waals surface area contributed by atoms with Crippen molar-refractivity contribution < 1.29 is 32.7 Å². The Kier molecular flexibility index (Phi) is 7.34. The largest absolute Gasteiger partial charge is 0.444 e. The van der Waals surface area contributed by atoms with Crippen molar-refractivity contribution in [3.05, 3.63) is 11.7 Å². The van der Waals surface area contributed by atoms with Crippen LogP contribution in [0.25, 0.3) is 0 Å². The van der Waals surface area contributed by atoms with E-state index < -0.39 is 46.5 Å². The standard InChI is InChI=1S/C27H42F2N4O5/c1-16(2)26(22-30-20(31-38-22)17-13-27(28,29)14-17)8-10-32(11-9-26)21(35)18-12-19(34)25(6,7)15-33(18)23(36)37-24(3,4)5/h16-19,34H,8-15H2,1-7H3/t18-,19+/m0/s1. The summed E-state index contributed by atoms with van der Waals surface area (Å²) in [6, 6.07) is -0.824. The molecule has 11 heteroatoms. The molecular formula is C27H42F2N4O5. The van der Waals surface area contributed by atoms with Crippen LogP contribution in [-0.2, 0) is 14.9 Å². The average Bonchev–Trinajstić information content (AvgIpc) is 3.27. The Labute approximate surface area is 223 Å². The van der Waals surface area contributed by atoms with E-state index in [0.717, 1.165) is 0 Å². The van der Waals surface area contributed by atoms with Crippen molar-refractivity contribution in [3.8, 4) is 0 Å². The summed E-state index contributed by atoms with van der Waals surface area (Å²) in [5.41, 5.74) is -1.78. The van der Waals surface area contributed by atoms with Crippen LogP contribution in [0.3, 0.4) is 0 Å². The molecule has 2 saturated heterocycles. The zero-order valence-corrected chi connectivity index (χ0v) is 23.6. The van der Waals surface area contributed by atoms with Crippen molar-refractivity contribution in [1.29, 1.82) is 0 Å². The van der Waals surface area contributed by atoms with Crippen LogP contribution in [-0.4, -0.2) is 80.4 Å². The highest BCUT2D eigenvalue weighted by molar-refractivity contribution is 5.86. The molecule has 38 heavy (non-hydrogen) atoms. The lowest BCUT2D eigenvalue weighted by Crippen LogP contribution is -2.62. The van der Waals surface area contributed by atoms with Crippen molar-refractivity contribution in [2.75, 3.05) is 19.6 Å². The van der Waals surface area contributed by atoms with Gasteiger partial charge in [0.15, 0.2) is 5.82 Å². The van der Waals surface area contributed by atoms with Crippen LogP contribution in [0.2, 0.25) is 0 Å². The monoisotopic (exact) mass is 540 g/mol. The lowest BCUT2D eigenvalue weighted by atomic mass is 9.69. The highest BCUT2D eigenvalue weighted by Gasteiger charge is 2.51. The molecule has 3 aliphatic rings. The smallest absolute Gasteiger partial charge is 0.410 e. The van der Waals surface area contributed by atoms with E-state index in [1.807, 2.05) is 13.8 Å². The lowest BCUT2D eigenvalue weighted by molar-refractivity contribution is -0.146. The van der Waals surface area contributed by atoms with Gasteiger partial charge in [0.2, 0.25) is 17.7 Å². The Bertz CT molecular complexity index is 1030. The summed E-state index contributed by atoms with van der Waals surface area (Å²) in [7, 11) is 0. The van der Waals surface area contributed by atoms with Gasteiger partial charge in [-0.2, -0.15) is 4.98 Å². The second-order valence-corrected chi connectivity index (χ2v) is 13.4. The van der Waals surface area contributed by atoms with Gasteiger partial charge in [-0.1, -0.05) is 32.9 Å². The fraction of sp³-hybridized carbons (Fsp3) is 0.852. The summed E-state index contributed by atoms with van der Waals surface area (Å²) in [4.78, 5) is 34.6. The number of ether oxygens (including phenoxy) is 1. The van der Waals surface area contributed by atoms with Gasteiger partial charge in [0.1, 0.15) is 11.6 Å². The fourth-order valence-corrected chi connectivity index (χ4v) is 5.88. The van der Waals surface area contributed by atoms with Crippen molar-refractivity contribution >= 4 is 12.0 Å². The quantitative estimate of drug-likeness (QED) is 0.599. The minimum Gasteiger partial charge on any atom is -0.444 e. The molecule has 3 heterocycles. The number of halogens is 2. The molecule has 0 radical (unpaired) electrons. The molecule has 0 bridgehead atoms. The number of alkyl halides is 2. The van der Waals surface area contributed by atoms with E-state index in [-0.39, 0.29) is 37.6 Å². The summed E-state index contributed by atoms with van der Waals surface area (Å²) in [5.74, 6) is -2.39. The Balaban J connectivity index is 1.48. The van der Waals surface area contributed by atoms with Gasteiger partial charge >= 0.3 is 6.09 Å². The summed E-state index contributed by atoms with van der Waals surface area (Å²) >= 11 is 0. The molecule has 2 amide bonds. The van der Waals surface area contributed by atoms with Crippen LogP contribution in [0.15, 0.2) is 4.52 Å². The number of nitrogens with zero attached hydrogens (tertiary/aromatic N) is 4. The number of carbonyl (C=O) groups excluding carboxylic acids is 2. The second-order valence-electron chi connectivity index (χ2n) is 13.4. The number of aliphatic hydroxyl groups is 1. The van der Waals surface area contributed by atoms with Gasteiger partial charge in [-0.05, 0) is 39.5 Å². The van der Waals surface area contributed by atoms with Crippen LogP contribution in [0.5, 0.6) is 0 Å². The van der Waals surface area contributed by atoms with Gasteiger partial charge in [0, 0.05) is 50.2 Å². The number of hydrogen-bond donors (Lipinski definition) is 1. The van der Waals surface area contributed by atoms with Gasteiger partial charge in [-0.25, -0.2) is 13.6 Å². The maximum absolute atomic E-state index is 13.8. The predicted molar refractivity (Wildman–Crippen MR) is 135 cm³/mol. The molecule has 2 aliphatic heterocycles. The van der Waals surface area contributed by atoms with Crippen LogP contribution in [0.1, 0.15) is 98.2 Å². The van der Waals surface area contributed by atoms with Crippen LogP contribution < -0.4 is 0 Å². The van der Waals surface area contributed by atoms with E-state index in [1.54, 1.807) is 25.7 Å². The van der Waals surface area contributed by atoms with E-state index in [0.29, 0.717) is 37.6 Å². The van der Waals surface area contributed by atoms with Crippen molar-refractivity contribution in [1.82, 2.24) is 19.9 Å². The minimum atomic E-state index is -2.66. The first kappa shape index (κ1) is 28.7. The molecular weight excluding hydrogens is 498 g/mol. The minimum absolute atomic E-state index is 0.117. The molecule has 9 nitrogen and oxygen atoms in total. The number of aliphatic hydroxyl groups excluding tert-OH is 1. The first-order valence-corrected chi connectivity index (χ1v) is 13.6. The first-order chi connectivity index (χ1) is 17.4. The molecule has 1 saturated carbocycles. The maximum atomic E-state index is 13.8. The molecule has 1 aromatic rings. The first-order valence-electron chi connectivity index (χ1n) is 13.6. The fourth-order valence-electron chi connectivity index (χ4n) is 5.88. The number of carbonyl (C=O) groups is 2. The van der Waals surface area contributed by atoms with Crippen molar-refractivity contribution in [3.63, 3.8) is 0 Å². The van der Waals surface area contributed by atoms with Gasteiger partial charge in [0.05, 0.1) is 11.5 Å². The molecule has 0 unspecified atom stereocenters. The highest BCUT2D eigenvalue weighted by Crippen LogP contribution is 2.48. The van der Waals surface area contributed by atoms with E-state index >= 15 is 0 Å². The molecule has 2 atom stereocenters. The number of aromatic nitrogens is 2. The molecule has 4 rings (SSSR count). The zero-order chi connectivity index (χ0) is 28.3. The van der Waals surface area contributed by atoms with Crippen molar-refractivity contribution in [2.45, 2.75) is 116 Å². The average molecular weight is 541 g/mol. The number of amides is 2. The zero-order valence-electron chi connectivity index (χ0n) is 23.6. The topological polar surface area (TPSA) is 109 Å². The predicted octanol–water partition coefficient (Wildman–Crippen LogP) is 4.50. The van der Waals surface area contributed by atoms with E-state index in [2.05, 4.69) is 24.0 Å². The summed E-state index contributed by atoms with van der Waals surface area (Å²) in [5, 5.41) is 14.8. The van der Waals surface area contributed by atoms with Crippen LogP contribution in [0, 0.1) is 11.3 Å². The highest BCUT2D eigenvalue weighted by atomic mass is 19.3. The number of rotatable bonds is 4. The summed E-state index contributed by atoms with van der Waals surface area (Å²) in [6.45, 7) is 14.2. The Morgan fingerprint density at radius 2 is 1.76 bits per heavy atom. The van der Waals surface area contributed by atoms with Gasteiger partial charge < -0.3 is 19.3 Å². The van der Waals surface area contributed by atoms with Crippen molar-refractivity contribution in [2.24, 2.45) is 11.3 Å². The molecule has 1 aromatic heterocycles. The maximum Gasteiger partial charge on any atom is 0.410 e. The molecule has 1 N–H and O–H groups in total. The third-order valence-electron chi connectivity index (χ3n) is 8.61. The third kappa shape index (κ3) is 5.53. The molecule has 1 aliphatic carbocycles. The lowest BCUT2D eigenvalue weighted by Gasteiger charge is -2.48. The van der Waals surface area contributed by atoms with Gasteiger partial charge in [-0.3, -0.25) is 9.69 Å². The Morgan fingerprint density at radius 1 is 1.16 bits per heavy atom. The Morgan fingerprint density at radius 3 is 2.29 bits per heavy atom. The Hall–Kier alpha value is -2.30. The van der Waals surface area contributed by atoms with E-state index in [4.69, 9.17) is 9.26 Å². The van der Waals surface area contributed by atoms with Crippen LogP contribution >= 0.6 is 0 Å². The molecule has 3 fully saturated rings. The number of hydrogen-bond acceptors (Lipinski definition) is 7. The van der Waals surface area contributed by atoms with E-state index in [9.17, 15) is 23.5 Å². The summed E-state index contributed by atoms with van der Waals surface area (Å²) < 4.78 is 38.0. The van der Waals surface area contributed by atoms with E-state index in [1.165, 1.54) is 4.90 Å².